The minimum atomic E-state index is -0.519. The number of hydrogen-bond donors (Lipinski definition) is 0. The van der Waals surface area contributed by atoms with E-state index < -0.39 is 11.6 Å². The van der Waals surface area contributed by atoms with Gasteiger partial charge in [-0.05, 0) is 13.8 Å². The summed E-state index contributed by atoms with van der Waals surface area (Å²) in [4.78, 5) is 0. The normalized spacial score (nSPS) is 80.8. The molecule has 5 heteroatoms. The van der Waals surface area contributed by atoms with Gasteiger partial charge in [0.2, 0.25) is 0 Å². The van der Waals surface area contributed by atoms with E-state index >= 15 is 0 Å². The zero-order valence-corrected chi connectivity index (χ0v) is 9.66. The third kappa shape index (κ3) is 0.655. The molecule has 5 nitrogen and oxygen atoms in total. The van der Waals surface area contributed by atoms with Crippen LogP contribution in [0.1, 0.15) is 13.8 Å². The topological polar surface area (TPSA) is 46.2 Å². The molecule has 0 aromatic heterocycles. The van der Waals surface area contributed by atoms with Crippen molar-refractivity contribution in [3.05, 3.63) is 0 Å². The van der Waals surface area contributed by atoms with Crippen molar-refractivity contribution in [1.29, 1.82) is 0 Å². The highest BCUT2D eigenvalue weighted by atomic mass is 16.9. The summed E-state index contributed by atoms with van der Waals surface area (Å²) >= 11 is 0. The van der Waals surface area contributed by atoms with E-state index in [1.165, 1.54) is 0 Å². The highest BCUT2D eigenvalue weighted by Crippen LogP contribution is 2.75. The summed E-state index contributed by atoms with van der Waals surface area (Å²) in [6.45, 7) is 4.08. The smallest absolute Gasteiger partial charge is 0.175 e. The monoisotopic (exact) mass is 238 g/mol. The molecule has 0 spiro atoms. The van der Waals surface area contributed by atoms with Crippen molar-refractivity contribution in [2.45, 2.75) is 44.3 Å². The van der Waals surface area contributed by atoms with Gasteiger partial charge in [0, 0.05) is 29.6 Å². The van der Waals surface area contributed by atoms with Crippen LogP contribution in [0.5, 0.6) is 0 Å². The van der Waals surface area contributed by atoms with Gasteiger partial charge in [0.1, 0.15) is 0 Å². The molecule has 5 aliphatic heterocycles. The molecule has 6 rings (SSSR count). The van der Waals surface area contributed by atoms with Crippen molar-refractivity contribution in [3.63, 3.8) is 0 Å². The fraction of sp³-hybridized carbons (Fsp3) is 1.00. The van der Waals surface area contributed by atoms with Gasteiger partial charge in [-0.3, -0.25) is 0 Å². The molecule has 17 heavy (non-hydrogen) atoms. The maximum atomic E-state index is 6.13. The molecule has 8 atom stereocenters. The molecular formula is C12H14O5. The number of ether oxygens (including phenoxy) is 5. The van der Waals surface area contributed by atoms with Gasteiger partial charge < -0.3 is 23.7 Å². The molecule has 0 aromatic rings. The number of hydrogen-bond acceptors (Lipinski definition) is 5. The largest absolute Gasteiger partial charge is 0.323 e. The maximum absolute atomic E-state index is 6.13. The number of rotatable bonds is 0. The molecule has 5 heterocycles. The zero-order chi connectivity index (χ0) is 11.2. The molecule has 6 aliphatic rings. The molecular weight excluding hydrogens is 224 g/mol. The van der Waals surface area contributed by atoms with Crippen molar-refractivity contribution in [2.75, 3.05) is 0 Å². The van der Waals surface area contributed by atoms with Crippen LogP contribution < -0.4 is 0 Å². The standard InChI is InChI=1S/C12H14O5/c1-11-6-4-3-5-7(6)12(2,17-11)16-10(5)14-8(3)13-9(4)15-11/h3-10H,1-2H3. The van der Waals surface area contributed by atoms with E-state index in [-0.39, 0.29) is 18.9 Å². The Kier molecular flexibility index (Phi) is 1.08. The van der Waals surface area contributed by atoms with Crippen LogP contribution in [0.4, 0.5) is 0 Å². The highest BCUT2D eigenvalue weighted by Gasteiger charge is 2.85. The minimum Gasteiger partial charge on any atom is -0.323 e. The Hall–Kier alpha value is -0.200. The lowest BCUT2D eigenvalue weighted by atomic mass is 9.83. The van der Waals surface area contributed by atoms with Crippen LogP contribution in [0, 0.1) is 29.6 Å². The zero-order valence-electron chi connectivity index (χ0n) is 9.66. The lowest BCUT2D eigenvalue weighted by Gasteiger charge is -2.31. The van der Waals surface area contributed by atoms with Gasteiger partial charge >= 0.3 is 0 Å². The van der Waals surface area contributed by atoms with Crippen molar-refractivity contribution in [2.24, 2.45) is 29.6 Å². The summed E-state index contributed by atoms with van der Waals surface area (Å²) in [5, 5.41) is 0. The van der Waals surface area contributed by atoms with Crippen LogP contribution >= 0.6 is 0 Å². The lowest BCUT2D eigenvalue weighted by Crippen LogP contribution is -2.39. The van der Waals surface area contributed by atoms with Gasteiger partial charge in [0.25, 0.3) is 0 Å². The SMILES string of the molecule is CC12OC3OC4OC5OC(C)(O1)C1C5C4C3C12. The molecule has 6 fully saturated rings. The van der Waals surface area contributed by atoms with Gasteiger partial charge in [-0.1, -0.05) is 0 Å². The first kappa shape index (κ1) is 8.82. The van der Waals surface area contributed by atoms with E-state index in [1.807, 2.05) is 13.8 Å². The fourth-order valence-electron chi connectivity index (χ4n) is 5.71. The molecule has 0 N–H and O–H groups in total. The second-order valence-corrected chi connectivity index (χ2v) is 6.53. The van der Waals surface area contributed by atoms with E-state index in [2.05, 4.69) is 0 Å². The maximum Gasteiger partial charge on any atom is 0.175 e. The van der Waals surface area contributed by atoms with Crippen LogP contribution in [0.2, 0.25) is 0 Å². The predicted molar refractivity (Wildman–Crippen MR) is 51.0 cm³/mol. The molecule has 8 unspecified atom stereocenters. The molecule has 92 valence electrons. The van der Waals surface area contributed by atoms with Gasteiger partial charge in [-0.25, -0.2) is 0 Å². The second kappa shape index (κ2) is 2.08. The van der Waals surface area contributed by atoms with Crippen molar-refractivity contribution in [3.8, 4) is 0 Å². The van der Waals surface area contributed by atoms with Gasteiger partial charge in [-0.15, -0.1) is 0 Å². The average molecular weight is 238 g/mol. The van der Waals surface area contributed by atoms with Crippen LogP contribution in [-0.2, 0) is 23.7 Å². The quantitative estimate of drug-likeness (QED) is 0.620. The summed E-state index contributed by atoms with van der Waals surface area (Å²) < 4.78 is 29.8. The molecule has 1 aliphatic carbocycles. The first-order valence-electron chi connectivity index (χ1n) is 6.47. The van der Waals surface area contributed by atoms with E-state index in [0.717, 1.165) is 0 Å². The Balaban J connectivity index is 1.66. The van der Waals surface area contributed by atoms with Gasteiger partial charge in [0.05, 0.1) is 0 Å². The molecule has 0 aromatic carbocycles. The fourth-order valence-corrected chi connectivity index (χ4v) is 5.71. The Morgan fingerprint density at radius 3 is 1.76 bits per heavy atom. The molecule has 1 saturated carbocycles. The van der Waals surface area contributed by atoms with Crippen LogP contribution in [0.3, 0.4) is 0 Å². The highest BCUT2D eigenvalue weighted by molar-refractivity contribution is 5.20. The third-order valence-corrected chi connectivity index (χ3v) is 5.90. The molecule has 5 saturated heterocycles. The summed E-state index contributed by atoms with van der Waals surface area (Å²) in [7, 11) is 0. The summed E-state index contributed by atoms with van der Waals surface area (Å²) in [5.41, 5.74) is 0. The van der Waals surface area contributed by atoms with E-state index in [0.29, 0.717) is 29.6 Å². The second-order valence-electron chi connectivity index (χ2n) is 6.53. The van der Waals surface area contributed by atoms with Crippen LogP contribution in [0.25, 0.3) is 0 Å². The third-order valence-electron chi connectivity index (χ3n) is 5.90. The Morgan fingerprint density at radius 1 is 0.706 bits per heavy atom. The van der Waals surface area contributed by atoms with E-state index in [9.17, 15) is 0 Å². The summed E-state index contributed by atoms with van der Waals surface area (Å²) in [6, 6.07) is 0. The lowest BCUT2D eigenvalue weighted by molar-refractivity contribution is -0.377. The molecule has 0 radical (unpaired) electrons. The predicted octanol–water partition coefficient (Wildman–Crippen LogP) is 0.643. The van der Waals surface area contributed by atoms with Crippen molar-refractivity contribution in [1.82, 2.24) is 0 Å². The Morgan fingerprint density at radius 2 is 1.24 bits per heavy atom. The minimum absolute atomic E-state index is 0.111. The van der Waals surface area contributed by atoms with Crippen molar-refractivity contribution >= 4 is 0 Å². The van der Waals surface area contributed by atoms with Crippen LogP contribution in [-0.4, -0.2) is 30.4 Å². The summed E-state index contributed by atoms with van der Waals surface area (Å²) in [6.07, 6.45) is -0.369. The van der Waals surface area contributed by atoms with Gasteiger partial charge in [0.15, 0.2) is 30.4 Å². The first-order valence-corrected chi connectivity index (χ1v) is 6.47. The Bertz CT molecular complexity index is 416. The van der Waals surface area contributed by atoms with Crippen LogP contribution in [0.15, 0.2) is 0 Å². The average Bonchev–Trinajstić information content (AvgIpc) is 2.90. The summed E-state index contributed by atoms with van der Waals surface area (Å²) in [5.74, 6) is 1.11. The van der Waals surface area contributed by atoms with Crippen molar-refractivity contribution < 1.29 is 23.7 Å². The first-order chi connectivity index (χ1) is 8.11. The van der Waals surface area contributed by atoms with E-state index in [4.69, 9.17) is 23.7 Å². The molecule has 0 amide bonds. The van der Waals surface area contributed by atoms with E-state index in [1.54, 1.807) is 0 Å². The Labute approximate surface area is 98.3 Å². The molecule has 0 bridgehead atoms. The van der Waals surface area contributed by atoms with Gasteiger partial charge in [-0.2, -0.15) is 0 Å².